The van der Waals surface area contributed by atoms with Crippen LogP contribution in [0.5, 0.6) is 0 Å². The average Bonchev–Trinajstić information content (AvgIpc) is 2.39. The van der Waals surface area contributed by atoms with Crippen LogP contribution in [0.2, 0.25) is 0 Å². The van der Waals surface area contributed by atoms with Gasteiger partial charge in [0.2, 0.25) is 0 Å². The monoisotopic (exact) mass is 275 g/mol. The number of hydrogen-bond acceptors (Lipinski definition) is 2. The summed E-state index contributed by atoms with van der Waals surface area (Å²) in [5.74, 6) is 0. The molecule has 0 saturated carbocycles. The lowest BCUT2D eigenvalue weighted by molar-refractivity contribution is 0.601. The molecule has 2 aromatic rings. The zero-order chi connectivity index (χ0) is 13.9. The van der Waals surface area contributed by atoms with Gasteiger partial charge in [0, 0.05) is 5.69 Å². The smallest absolute Gasteiger partial charge is 0.261 e. The van der Waals surface area contributed by atoms with Crippen LogP contribution in [0.25, 0.3) is 0 Å². The second kappa shape index (κ2) is 5.45. The first-order chi connectivity index (χ1) is 9.01. The molecule has 0 amide bonds. The Morgan fingerprint density at radius 3 is 2.32 bits per heavy atom. The van der Waals surface area contributed by atoms with Gasteiger partial charge in [-0.3, -0.25) is 4.72 Å². The van der Waals surface area contributed by atoms with Gasteiger partial charge in [0.25, 0.3) is 10.0 Å². The summed E-state index contributed by atoms with van der Waals surface area (Å²) in [5, 5.41) is 0. The van der Waals surface area contributed by atoms with Crippen molar-refractivity contribution in [2.24, 2.45) is 0 Å². The van der Waals surface area contributed by atoms with Crippen LogP contribution >= 0.6 is 0 Å². The van der Waals surface area contributed by atoms with E-state index in [1.807, 2.05) is 25.1 Å². The van der Waals surface area contributed by atoms with Crippen molar-refractivity contribution in [1.82, 2.24) is 0 Å². The van der Waals surface area contributed by atoms with Crippen molar-refractivity contribution in [2.45, 2.75) is 25.2 Å². The van der Waals surface area contributed by atoms with Crippen molar-refractivity contribution in [3.05, 3.63) is 59.7 Å². The van der Waals surface area contributed by atoms with E-state index in [-0.39, 0.29) is 4.90 Å². The molecule has 0 aliphatic rings. The quantitative estimate of drug-likeness (QED) is 0.930. The minimum Gasteiger partial charge on any atom is -0.280 e. The maximum Gasteiger partial charge on any atom is 0.261 e. The summed E-state index contributed by atoms with van der Waals surface area (Å²) >= 11 is 0. The normalized spacial score (nSPS) is 11.3. The molecule has 19 heavy (non-hydrogen) atoms. The second-order valence-corrected chi connectivity index (χ2v) is 6.15. The van der Waals surface area contributed by atoms with Gasteiger partial charge in [-0.2, -0.15) is 0 Å². The van der Waals surface area contributed by atoms with Gasteiger partial charge in [0.1, 0.15) is 0 Å². The molecule has 3 nitrogen and oxygen atoms in total. The molecule has 0 atom stereocenters. The van der Waals surface area contributed by atoms with E-state index in [1.54, 1.807) is 30.3 Å². The van der Waals surface area contributed by atoms with Gasteiger partial charge < -0.3 is 0 Å². The molecule has 0 bridgehead atoms. The molecule has 0 fully saturated rings. The van der Waals surface area contributed by atoms with Crippen molar-refractivity contribution >= 4 is 15.7 Å². The molecular formula is C15H17NO2S. The second-order valence-electron chi connectivity index (χ2n) is 4.47. The fourth-order valence-corrected chi connectivity index (χ4v) is 2.97. The Bertz CT molecular complexity index is 661. The van der Waals surface area contributed by atoms with Crippen molar-refractivity contribution in [1.29, 1.82) is 0 Å². The predicted octanol–water partition coefficient (Wildman–Crippen LogP) is 3.36. The van der Waals surface area contributed by atoms with E-state index in [2.05, 4.69) is 11.6 Å². The molecule has 1 N–H and O–H groups in total. The summed E-state index contributed by atoms with van der Waals surface area (Å²) in [6.45, 7) is 3.93. The van der Waals surface area contributed by atoms with Crippen LogP contribution in [0, 0.1) is 6.92 Å². The average molecular weight is 275 g/mol. The van der Waals surface area contributed by atoms with E-state index >= 15 is 0 Å². The summed E-state index contributed by atoms with van der Waals surface area (Å²) in [6.07, 6.45) is 0.935. The lowest BCUT2D eigenvalue weighted by Crippen LogP contribution is -2.13. The van der Waals surface area contributed by atoms with Gasteiger partial charge in [0.15, 0.2) is 0 Å². The Labute approximate surface area is 114 Å². The molecule has 0 unspecified atom stereocenters. The summed E-state index contributed by atoms with van der Waals surface area (Å²) in [5.41, 5.74) is 2.68. The molecule has 4 heteroatoms. The fourth-order valence-electron chi connectivity index (χ4n) is 1.81. The first kappa shape index (κ1) is 13.6. The van der Waals surface area contributed by atoms with Crippen LogP contribution in [0.4, 0.5) is 5.69 Å². The van der Waals surface area contributed by atoms with E-state index in [9.17, 15) is 8.42 Å². The van der Waals surface area contributed by atoms with E-state index in [0.717, 1.165) is 12.0 Å². The highest BCUT2D eigenvalue weighted by atomic mass is 32.2. The Hall–Kier alpha value is -1.81. The highest BCUT2D eigenvalue weighted by molar-refractivity contribution is 7.92. The van der Waals surface area contributed by atoms with E-state index in [0.29, 0.717) is 5.69 Å². The van der Waals surface area contributed by atoms with Crippen LogP contribution in [0.3, 0.4) is 0 Å². The highest BCUT2D eigenvalue weighted by Crippen LogP contribution is 2.17. The number of anilines is 1. The van der Waals surface area contributed by atoms with Gasteiger partial charge in [-0.05, 0) is 48.7 Å². The molecule has 2 rings (SSSR count). The Balaban J connectivity index is 2.25. The SMILES string of the molecule is CCc1ccc(NS(=O)(=O)c2cccc(C)c2)cc1. The third-order valence-electron chi connectivity index (χ3n) is 2.91. The molecule has 0 radical (unpaired) electrons. The van der Waals surface area contributed by atoms with Gasteiger partial charge in [-0.15, -0.1) is 0 Å². The summed E-state index contributed by atoms with van der Waals surface area (Å²) in [7, 11) is -3.51. The first-order valence-corrected chi connectivity index (χ1v) is 7.68. The summed E-state index contributed by atoms with van der Waals surface area (Å²) in [4.78, 5) is 0.284. The number of sulfonamides is 1. The van der Waals surface area contributed by atoms with Crippen LogP contribution in [0.15, 0.2) is 53.4 Å². The van der Waals surface area contributed by atoms with Crippen LogP contribution in [-0.2, 0) is 16.4 Å². The number of benzene rings is 2. The Kier molecular flexibility index (Phi) is 3.90. The van der Waals surface area contributed by atoms with Gasteiger partial charge in [-0.25, -0.2) is 8.42 Å². The molecule has 0 aromatic heterocycles. The molecule has 0 saturated heterocycles. The van der Waals surface area contributed by atoms with E-state index in [1.165, 1.54) is 5.56 Å². The third-order valence-corrected chi connectivity index (χ3v) is 4.29. The minimum atomic E-state index is -3.51. The topological polar surface area (TPSA) is 46.2 Å². The Morgan fingerprint density at radius 1 is 1.05 bits per heavy atom. The number of nitrogens with one attached hydrogen (secondary N) is 1. The van der Waals surface area contributed by atoms with Crippen molar-refractivity contribution in [3.8, 4) is 0 Å². The lowest BCUT2D eigenvalue weighted by Gasteiger charge is -2.09. The number of rotatable bonds is 4. The molecule has 0 aliphatic carbocycles. The van der Waals surface area contributed by atoms with Crippen LogP contribution < -0.4 is 4.72 Å². The summed E-state index contributed by atoms with van der Waals surface area (Å²) in [6, 6.07) is 14.3. The molecule has 100 valence electrons. The van der Waals surface area contributed by atoms with Gasteiger partial charge >= 0.3 is 0 Å². The van der Waals surface area contributed by atoms with Gasteiger partial charge in [0.05, 0.1) is 4.90 Å². The van der Waals surface area contributed by atoms with E-state index < -0.39 is 10.0 Å². The predicted molar refractivity (Wildman–Crippen MR) is 77.8 cm³/mol. The minimum absolute atomic E-state index is 0.284. The Morgan fingerprint density at radius 2 is 1.74 bits per heavy atom. The molecule has 0 aliphatic heterocycles. The lowest BCUT2D eigenvalue weighted by atomic mass is 10.2. The number of hydrogen-bond donors (Lipinski definition) is 1. The third kappa shape index (κ3) is 3.35. The van der Waals surface area contributed by atoms with Crippen LogP contribution in [-0.4, -0.2) is 8.42 Å². The van der Waals surface area contributed by atoms with Gasteiger partial charge in [-0.1, -0.05) is 31.2 Å². The molecule has 0 spiro atoms. The maximum absolute atomic E-state index is 12.2. The first-order valence-electron chi connectivity index (χ1n) is 6.19. The van der Waals surface area contributed by atoms with Crippen molar-refractivity contribution in [2.75, 3.05) is 4.72 Å². The maximum atomic E-state index is 12.2. The van der Waals surface area contributed by atoms with Crippen molar-refractivity contribution in [3.63, 3.8) is 0 Å². The van der Waals surface area contributed by atoms with Crippen molar-refractivity contribution < 1.29 is 8.42 Å². The molecular weight excluding hydrogens is 258 g/mol. The van der Waals surface area contributed by atoms with E-state index in [4.69, 9.17) is 0 Å². The molecule has 2 aromatic carbocycles. The zero-order valence-corrected chi connectivity index (χ0v) is 11.9. The molecule has 0 heterocycles. The highest BCUT2D eigenvalue weighted by Gasteiger charge is 2.13. The standard InChI is InChI=1S/C15H17NO2S/c1-3-13-7-9-14(10-8-13)16-19(17,18)15-6-4-5-12(2)11-15/h4-11,16H,3H2,1-2H3. The zero-order valence-electron chi connectivity index (χ0n) is 11.1. The summed E-state index contributed by atoms with van der Waals surface area (Å²) < 4.78 is 27.0. The van der Waals surface area contributed by atoms with Crippen LogP contribution in [0.1, 0.15) is 18.1 Å². The fraction of sp³-hybridized carbons (Fsp3) is 0.200. The largest absolute Gasteiger partial charge is 0.280 e. The number of aryl methyl sites for hydroxylation is 2.